The summed E-state index contributed by atoms with van der Waals surface area (Å²) < 4.78 is 9.00. The van der Waals surface area contributed by atoms with E-state index in [2.05, 4.69) is 37.6 Å². The number of aryl methyl sites for hydroxylation is 2. The van der Waals surface area contributed by atoms with Crippen LogP contribution in [0.1, 0.15) is 12.5 Å². The molecule has 2 heterocycles. The van der Waals surface area contributed by atoms with Crippen LogP contribution in [0.25, 0.3) is 11.0 Å². The molecule has 0 aliphatic carbocycles. The molecule has 2 aromatic carbocycles. The Labute approximate surface area is 182 Å². The molecular weight excluding hydrogens is 446 g/mol. The molecular formula is C22H20BrN5O2. The van der Waals surface area contributed by atoms with Gasteiger partial charge in [0.15, 0.2) is 0 Å². The van der Waals surface area contributed by atoms with Gasteiger partial charge in [-0.3, -0.25) is 4.79 Å². The summed E-state index contributed by atoms with van der Waals surface area (Å²) in [5.41, 5.74) is 3.90. The normalized spacial score (nSPS) is 10.8. The number of rotatable bonds is 5. The van der Waals surface area contributed by atoms with Crippen molar-refractivity contribution < 1.29 is 9.53 Å². The zero-order chi connectivity index (χ0) is 21.3. The lowest BCUT2D eigenvalue weighted by molar-refractivity contribution is -0.114. The van der Waals surface area contributed by atoms with Gasteiger partial charge < -0.3 is 19.9 Å². The fourth-order valence-corrected chi connectivity index (χ4v) is 3.31. The molecule has 0 bridgehead atoms. The van der Waals surface area contributed by atoms with Gasteiger partial charge in [-0.15, -0.1) is 0 Å². The van der Waals surface area contributed by atoms with Gasteiger partial charge in [-0.05, 0) is 48.9 Å². The lowest BCUT2D eigenvalue weighted by Crippen LogP contribution is -2.07. The van der Waals surface area contributed by atoms with Gasteiger partial charge in [0.05, 0.1) is 11.0 Å². The van der Waals surface area contributed by atoms with Gasteiger partial charge in [-0.25, -0.2) is 9.97 Å². The van der Waals surface area contributed by atoms with E-state index in [-0.39, 0.29) is 5.91 Å². The van der Waals surface area contributed by atoms with Crippen molar-refractivity contribution in [3.05, 3.63) is 64.8 Å². The lowest BCUT2D eigenvalue weighted by atomic mass is 10.2. The van der Waals surface area contributed by atoms with Gasteiger partial charge in [0, 0.05) is 42.5 Å². The molecule has 0 saturated carbocycles. The first-order valence-corrected chi connectivity index (χ1v) is 10.1. The summed E-state index contributed by atoms with van der Waals surface area (Å²) in [7, 11) is 1.96. The molecule has 152 valence electrons. The Hall–Kier alpha value is -3.39. The van der Waals surface area contributed by atoms with Gasteiger partial charge in [0.25, 0.3) is 0 Å². The van der Waals surface area contributed by atoms with Crippen LogP contribution in [0.15, 0.2) is 59.2 Å². The van der Waals surface area contributed by atoms with Crippen molar-refractivity contribution in [3.63, 3.8) is 0 Å². The van der Waals surface area contributed by atoms with E-state index in [1.54, 1.807) is 18.3 Å². The van der Waals surface area contributed by atoms with Crippen LogP contribution in [-0.4, -0.2) is 20.4 Å². The summed E-state index contributed by atoms with van der Waals surface area (Å²) in [6.45, 7) is 3.48. The predicted octanol–water partition coefficient (Wildman–Crippen LogP) is 5.53. The number of carbonyl (C=O) groups is 1. The van der Waals surface area contributed by atoms with Gasteiger partial charge in [-0.1, -0.05) is 15.9 Å². The molecule has 2 aromatic heterocycles. The number of benzene rings is 2. The second-order valence-electron chi connectivity index (χ2n) is 6.89. The summed E-state index contributed by atoms with van der Waals surface area (Å²) in [6, 6.07) is 15.2. The highest BCUT2D eigenvalue weighted by Crippen LogP contribution is 2.29. The summed E-state index contributed by atoms with van der Waals surface area (Å²) in [4.78, 5) is 20.0. The van der Waals surface area contributed by atoms with E-state index in [0.717, 1.165) is 32.7 Å². The van der Waals surface area contributed by atoms with Gasteiger partial charge >= 0.3 is 0 Å². The van der Waals surface area contributed by atoms with Crippen LogP contribution in [0.4, 0.5) is 17.5 Å². The van der Waals surface area contributed by atoms with Crippen molar-refractivity contribution in [1.29, 1.82) is 0 Å². The van der Waals surface area contributed by atoms with E-state index in [1.807, 2.05) is 48.9 Å². The highest BCUT2D eigenvalue weighted by atomic mass is 79.9. The minimum atomic E-state index is -0.185. The number of ether oxygens (including phenoxy) is 1. The second-order valence-corrected chi connectivity index (χ2v) is 7.75. The number of carbonyl (C=O) groups excluding carboxylic acids is 1. The highest BCUT2D eigenvalue weighted by molar-refractivity contribution is 9.10. The van der Waals surface area contributed by atoms with Crippen LogP contribution in [-0.2, 0) is 11.8 Å². The molecule has 2 N–H and O–H groups in total. The topological polar surface area (TPSA) is 81.1 Å². The van der Waals surface area contributed by atoms with Crippen LogP contribution in [0.3, 0.4) is 0 Å². The van der Waals surface area contributed by atoms with Crippen LogP contribution in [0.5, 0.6) is 11.5 Å². The summed E-state index contributed by atoms with van der Waals surface area (Å²) in [6.07, 6.45) is 1.59. The minimum absolute atomic E-state index is 0.185. The van der Waals surface area contributed by atoms with Crippen molar-refractivity contribution >= 4 is 50.3 Å². The maximum Gasteiger partial charge on any atom is 0.222 e. The molecule has 4 aromatic rings. The summed E-state index contributed by atoms with van der Waals surface area (Å²) in [5, 5.41) is 6.01. The molecule has 0 atom stereocenters. The maximum absolute atomic E-state index is 11.2. The monoisotopic (exact) mass is 465 g/mol. The zero-order valence-electron chi connectivity index (χ0n) is 16.7. The van der Waals surface area contributed by atoms with Crippen molar-refractivity contribution in [2.45, 2.75) is 13.8 Å². The number of nitrogens with zero attached hydrogens (tertiary/aromatic N) is 3. The predicted molar refractivity (Wildman–Crippen MR) is 121 cm³/mol. The number of halogens is 1. The quantitative estimate of drug-likeness (QED) is 0.404. The zero-order valence-corrected chi connectivity index (χ0v) is 18.3. The minimum Gasteiger partial charge on any atom is -0.457 e. The van der Waals surface area contributed by atoms with Crippen molar-refractivity contribution in [2.75, 3.05) is 10.6 Å². The Morgan fingerprint density at radius 2 is 1.90 bits per heavy atom. The largest absolute Gasteiger partial charge is 0.457 e. The Bertz CT molecular complexity index is 1250. The molecule has 8 heteroatoms. The number of imidazole rings is 1. The number of amides is 1. The Morgan fingerprint density at radius 3 is 2.67 bits per heavy atom. The number of hydrogen-bond acceptors (Lipinski definition) is 5. The van der Waals surface area contributed by atoms with E-state index < -0.39 is 0 Å². The highest BCUT2D eigenvalue weighted by Gasteiger charge is 2.10. The Morgan fingerprint density at radius 1 is 1.10 bits per heavy atom. The summed E-state index contributed by atoms with van der Waals surface area (Å²) >= 11 is 3.52. The van der Waals surface area contributed by atoms with Crippen LogP contribution >= 0.6 is 15.9 Å². The molecule has 0 saturated heterocycles. The van der Waals surface area contributed by atoms with E-state index in [9.17, 15) is 4.79 Å². The molecule has 0 spiro atoms. The second kappa shape index (κ2) is 8.16. The van der Waals surface area contributed by atoms with Crippen molar-refractivity contribution in [1.82, 2.24) is 14.5 Å². The first-order valence-electron chi connectivity index (χ1n) is 9.30. The number of hydrogen-bond donors (Lipinski definition) is 2. The number of nitrogens with one attached hydrogen (secondary N) is 2. The molecule has 0 unspecified atom stereocenters. The fourth-order valence-electron chi connectivity index (χ4n) is 3.07. The number of fused-ring (bicyclic) bond motifs is 1. The maximum atomic E-state index is 11.2. The number of pyridine rings is 1. The van der Waals surface area contributed by atoms with Gasteiger partial charge in [0.2, 0.25) is 11.9 Å². The lowest BCUT2D eigenvalue weighted by Gasteiger charge is -2.08. The SMILES string of the molecule is CC(=O)Nc1cc(Oc2ccc3c(c2)nc(Nc2ccc(Br)c(C)c2)n3C)ccn1. The molecule has 0 aliphatic rings. The van der Waals surface area contributed by atoms with Crippen LogP contribution in [0, 0.1) is 6.92 Å². The fraction of sp³-hybridized carbons (Fsp3) is 0.136. The Balaban J connectivity index is 1.59. The third-order valence-corrected chi connectivity index (χ3v) is 5.43. The summed E-state index contributed by atoms with van der Waals surface area (Å²) in [5.74, 6) is 2.21. The molecule has 30 heavy (non-hydrogen) atoms. The average Bonchev–Trinajstić information content (AvgIpc) is 2.99. The number of aromatic nitrogens is 3. The molecule has 0 fully saturated rings. The molecule has 7 nitrogen and oxygen atoms in total. The smallest absolute Gasteiger partial charge is 0.222 e. The van der Waals surface area contributed by atoms with Crippen molar-refractivity contribution in [2.24, 2.45) is 7.05 Å². The molecule has 0 aliphatic heterocycles. The standard InChI is InChI=1S/C22H20BrN5O2/c1-13-10-15(4-6-18(13)23)26-22-27-19-11-16(5-7-20(19)28(22)3)30-17-8-9-24-21(12-17)25-14(2)29/h4-12H,1-3H3,(H,26,27)(H,24,25,29). The first kappa shape index (κ1) is 19.9. The van der Waals surface area contributed by atoms with Gasteiger partial charge in [-0.2, -0.15) is 0 Å². The average molecular weight is 466 g/mol. The molecule has 1 amide bonds. The van der Waals surface area contributed by atoms with E-state index in [0.29, 0.717) is 17.3 Å². The molecule has 0 radical (unpaired) electrons. The van der Waals surface area contributed by atoms with Crippen molar-refractivity contribution in [3.8, 4) is 11.5 Å². The Kier molecular flexibility index (Phi) is 5.41. The first-order chi connectivity index (χ1) is 14.4. The van der Waals surface area contributed by atoms with Crippen LogP contribution in [0.2, 0.25) is 0 Å². The van der Waals surface area contributed by atoms with E-state index in [1.165, 1.54) is 6.92 Å². The third-order valence-electron chi connectivity index (χ3n) is 4.54. The van der Waals surface area contributed by atoms with Gasteiger partial charge in [0.1, 0.15) is 17.3 Å². The van der Waals surface area contributed by atoms with Crippen LogP contribution < -0.4 is 15.4 Å². The van der Waals surface area contributed by atoms with E-state index >= 15 is 0 Å². The number of anilines is 3. The third kappa shape index (κ3) is 4.28. The van der Waals surface area contributed by atoms with E-state index in [4.69, 9.17) is 9.72 Å². The molecule has 4 rings (SSSR count).